The Morgan fingerprint density at radius 1 is 0.731 bits per heavy atom. The largest absolute Gasteiger partial charge is 0.385 e. The smallest absolute Gasteiger partial charge is 0.228 e. The van der Waals surface area contributed by atoms with Crippen molar-refractivity contribution >= 4 is 34.5 Å². The summed E-state index contributed by atoms with van der Waals surface area (Å²) in [4.78, 5) is 11.2. The van der Waals surface area contributed by atoms with Gasteiger partial charge in [0.1, 0.15) is 0 Å². The van der Waals surface area contributed by atoms with Gasteiger partial charge in [0.05, 0.1) is 0 Å². The van der Waals surface area contributed by atoms with E-state index in [1.54, 1.807) is 19.1 Å². The van der Waals surface area contributed by atoms with E-state index in [-0.39, 0.29) is 37.9 Å². The second kappa shape index (κ2) is 16.6. The molecule has 0 N–H and O–H groups in total. The van der Waals surface area contributed by atoms with Gasteiger partial charge in [-0.05, 0) is 88.5 Å². The monoisotopic (exact) mass is 866 g/mol. The maximum atomic E-state index is 7.41. The van der Waals surface area contributed by atoms with Crippen molar-refractivity contribution in [1.82, 2.24) is 9.97 Å². The predicted molar refractivity (Wildman–Crippen MR) is 219 cm³/mol. The van der Waals surface area contributed by atoms with E-state index >= 15 is 0 Å². The molecule has 2 aromatic heterocycles. The van der Waals surface area contributed by atoms with Gasteiger partial charge in [-0.2, -0.15) is 0 Å². The molecule has 0 saturated carbocycles. The maximum absolute atomic E-state index is 7.41. The minimum atomic E-state index is -2.19. The third-order valence-electron chi connectivity index (χ3n) is 9.84. The van der Waals surface area contributed by atoms with Crippen LogP contribution in [-0.4, -0.2) is 23.7 Å². The number of rotatable bonds is 6. The van der Waals surface area contributed by atoms with E-state index in [1.165, 1.54) is 62.8 Å². The van der Waals surface area contributed by atoms with Crippen LogP contribution in [0.1, 0.15) is 101 Å². The molecule has 5 heteroatoms. The van der Waals surface area contributed by atoms with Crippen LogP contribution in [0.15, 0.2) is 103 Å². The van der Waals surface area contributed by atoms with Crippen LogP contribution in [0.25, 0.3) is 22.5 Å². The van der Waals surface area contributed by atoms with Gasteiger partial charge >= 0.3 is 0 Å². The molecule has 0 spiro atoms. The van der Waals surface area contributed by atoms with Gasteiger partial charge in [0.25, 0.3) is 0 Å². The van der Waals surface area contributed by atoms with Crippen molar-refractivity contribution in [1.29, 1.82) is 0 Å². The van der Waals surface area contributed by atoms with Crippen LogP contribution >= 0.6 is 0 Å². The van der Waals surface area contributed by atoms with Crippen molar-refractivity contribution in [3.63, 3.8) is 0 Å². The average Bonchev–Trinajstić information content (AvgIpc) is 3.17. The number of hydrogen-bond donors (Lipinski definition) is 0. The molecular weight excluding hydrogens is 810 g/mol. The Morgan fingerprint density at radius 3 is 2.06 bits per heavy atom. The molecule has 1 aliphatic heterocycles. The topological polar surface area (TPSA) is 29.0 Å². The third-order valence-corrected chi connectivity index (χ3v) is 9.84. The van der Waals surface area contributed by atoms with Crippen LogP contribution in [0, 0.1) is 32.8 Å². The molecular formula is C47H50BIrN3-2. The third kappa shape index (κ3) is 7.87. The zero-order valence-corrected chi connectivity index (χ0v) is 33.7. The van der Waals surface area contributed by atoms with Crippen LogP contribution in [0.4, 0.5) is 11.4 Å². The van der Waals surface area contributed by atoms with Crippen LogP contribution in [0.3, 0.4) is 0 Å². The summed E-state index contributed by atoms with van der Waals surface area (Å²) < 4.78 is 44.2. The fourth-order valence-electron chi connectivity index (χ4n) is 7.08. The summed E-state index contributed by atoms with van der Waals surface area (Å²) in [5.41, 5.74) is 15.3. The normalized spacial score (nSPS) is 14.1. The zero-order valence-electron chi connectivity index (χ0n) is 37.3. The molecule has 6 aromatic rings. The van der Waals surface area contributed by atoms with Crippen molar-refractivity contribution in [3.05, 3.63) is 149 Å². The minimum absolute atomic E-state index is 0. The second-order valence-electron chi connectivity index (χ2n) is 14.4. The Morgan fingerprint density at radius 2 is 1.46 bits per heavy atom. The molecule has 0 fully saturated rings. The molecule has 1 aliphatic rings. The number of hydrogen-bond acceptors (Lipinski definition) is 3. The molecule has 0 atom stereocenters. The first-order valence-corrected chi connectivity index (χ1v) is 17.8. The Kier molecular flexibility index (Phi) is 9.96. The summed E-state index contributed by atoms with van der Waals surface area (Å²) in [5.74, 6) is 1.35. The summed E-state index contributed by atoms with van der Waals surface area (Å²) in [7, 11) is 2.18. The molecule has 3 heterocycles. The van der Waals surface area contributed by atoms with Crippen molar-refractivity contribution < 1.29 is 28.3 Å². The molecule has 0 unspecified atom stereocenters. The van der Waals surface area contributed by atoms with Gasteiger partial charge in [-0.25, -0.2) is 0 Å². The average molecular weight is 866 g/mol. The number of aromatic nitrogens is 2. The van der Waals surface area contributed by atoms with E-state index in [2.05, 4.69) is 131 Å². The van der Waals surface area contributed by atoms with Gasteiger partial charge in [0, 0.05) is 53.5 Å². The molecule has 7 rings (SSSR count). The SMILES string of the molecule is CC(C)c1cc(C(C)C)c(B2c3ccccc3N(C)c3c(-c4ccccn4)[c-]ccc32)c(C(C)C)c1.[2H]C([2H])([2H])c1c[c-]c(-c2cc(C)c(C([2H])([2H])[2H])cn2)cc1.[Ir]. The van der Waals surface area contributed by atoms with Gasteiger partial charge in [0.15, 0.2) is 0 Å². The van der Waals surface area contributed by atoms with Gasteiger partial charge in [0.2, 0.25) is 6.71 Å². The fraction of sp³-hybridized carbons (Fsp3) is 0.277. The van der Waals surface area contributed by atoms with Crippen LogP contribution < -0.4 is 21.3 Å². The standard InChI is InChI=1S/C33H36BN2.C14H14N.Ir/c1-21(2)24-19-26(22(3)4)32(27(20-24)23(5)6)34-28-14-8-9-17-31(28)36(7)33-25(13-12-15-29(33)34)30-16-10-11-18-35-30;1-10-4-6-13(7-5-10)14-8-11(2)12(3)9-15-14;/h8-12,14-23H,1-7H3;4-6,8-9H,1-3H3;/q2*-1;/i;1D3,3D3;. The minimum Gasteiger partial charge on any atom is -0.385 e. The number of pyridine rings is 2. The molecule has 0 saturated heterocycles. The quantitative estimate of drug-likeness (QED) is 0.123. The second-order valence-corrected chi connectivity index (χ2v) is 14.4. The molecule has 1 radical (unpaired) electrons. The number of anilines is 2. The maximum Gasteiger partial charge on any atom is 0.228 e. The fourth-order valence-corrected chi connectivity index (χ4v) is 7.08. The Hall–Kier alpha value is -4.31. The summed E-state index contributed by atoms with van der Waals surface area (Å²) in [6.07, 6.45) is 3.21. The van der Waals surface area contributed by atoms with Crippen LogP contribution in [0.2, 0.25) is 0 Å². The summed E-state index contributed by atoms with van der Waals surface area (Å²) in [6, 6.07) is 37.0. The molecule has 0 amide bonds. The van der Waals surface area contributed by atoms with Crippen molar-refractivity contribution in [2.24, 2.45) is 0 Å². The zero-order chi connectivity index (χ0) is 41.4. The van der Waals surface area contributed by atoms with Gasteiger partial charge in [-0.3, -0.25) is 0 Å². The van der Waals surface area contributed by atoms with E-state index < -0.39 is 13.7 Å². The predicted octanol–water partition coefficient (Wildman–Crippen LogP) is 9.99. The van der Waals surface area contributed by atoms with Gasteiger partial charge in [-0.15, -0.1) is 64.6 Å². The Bertz CT molecular complexity index is 2330. The van der Waals surface area contributed by atoms with Crippen molar-refractivity contribution in [3.8, 4) is 22.5 Å². The first kappa shape index (κ1) is 31.2. The molecule has 0 aliphatic carbocycles. The summed E-state index contributed by atoms with van der Waals surface area (Å²) in [6.45, 7) is 11.5. The summed E-state index contributed by atoms with van der Waals surface area (Å²) >= 11 is 0. The van der Waals surface area contributed by atoms with Crippen molar-refractivity contribution in [2.75, 3.05) is 11.9 Å². The number of para-hydroxylation sites is 1. The molecule has 0 bridgehead atoms. The van der Waals surface area contributed by atoms with E-state index in [0.717, 1.165) is 11.3 Å². The molecule has 267 valence electrons. The van der Waals surface area contributed by atoms with Gasteiger partial charge in [-0.1, -0.05) is 108 Å². The Balaban J connectivity index is 0.000000249. The number of nitrogens with zero attached hydrogens (tertiary/aromatic N) is 3. The van der Waals surface area contributed by atoms with Crippen molar-refractivity contribution in [2.45, 2.75) is 79.9 Å². The molecule has 4 aromatic carbocycles. The van der Waals surface area contributed by atoms with Crippen LogP contribution in [0.5, 0.6) is 0 Å². The van der Waals surface area contributed by atoms with E-state index in [0.29, 0.717) is 34.6 Å². The van der Waals surface area contributed by atoms with E-state index in [4.69, 9.17) is 13.2 Å². The first-order valence-electron chi connectivity index (χ1n) is 20.8. The first-order chi connectivity index (χ1) is 26.9. The number of benzene rings is 4. The molecule has 3 nitrogen and oxygen atoms in total. The van der Waals surface area contributed by atoms with Gasteiger partial charge < -0.3 is 14.9 Å². The Labute approximate surface area is 334 Å². The molecule has 52 heavy (non-hydrogen) atoms. The summed E-state index contributed by atoms with van der Waals surface area (Å²) in [5, 5.41) is 0. The van der Waals surface area contributed by atoms with E-state index in [9.17, 15) is 0 Å². The number of fused-ring (bicyclic) bond motifs is 2. The van der Waals surface area contributed by atoms with E-state index in [1.807, 2.05) is 12.3 Å². The number of aryl methyl sites for hydroxylation is 3. The van der Waals surface area contributed by atoms with Crippen LogP contribution in [-0.2, 0) is 20.1 Å².